The van der Waals surface area contributed by atoms with Crippen molar-refractivity contribution in [3.63, 3.8) is 0 Å². The Bertz CT molecular complexity index is 430. The number of nitrogens with zero attached hydrogens (tertiary/aromatic N) is 1. The van der Waals surface area contributed by atoms with E-state index in [0.29, 0.717) is 11.6 Å². The number of nitrogens with two attached hydrogens (primary N) is 1. The van der Waals surface area contributed by atoms with Crippen molar-refractivity contribution in [3.8, 4) is 0 Å². The predicted molar refractivity (Wildman–Crippen MR) is 67.4 cm³/mol. The van der Waals surface area contributed by atoms with Crippen LogP contribution in [0, 0.1) is 0 Å². The minimum absolute atomic E-state index is 0.0960. The van der Waals surface area contributed by atoms with E-state index in [4.69, 9.17) is 5.73 Å². The van der Waals surface area contributed by atoms with E-state index < -0.39 is 4.75 Å². The highest BCUT2D eigenvalue weighted by Gasteiger charge is 2.43. The van der Waals surface area contributed by atoms with E-state index in [2.05, 4.69) is 4.99 Å². The fraction of sp³-hybridized carbons (Fsp3) is 0.333. The van der Waals surface area contributed by atoms with Crippen LogP contribution >= 0.6 is 11.8 Å². The second-order valence-corrected chi connectivity index (χ2v) is 5.27. The molecule has 1 aliphatic heterocycles. The molecule has 84 valence electrons. The normalized spacial score (nSPS) is 24.6. The third kappa shape index (κ3) is 1.97. The molecule has 0 unspecified atom stereocenters. The van der Waals surface area contributed by atoms with Crippen LogP contribution in [0.5, 0.6) is 0 Å². The Hall–Kier alpha value is -1.29. The minimum atomic E-state index is -0.481. The zero-order valence-electron chi connectivity index (χ0n) is 9.14. The van der Waals surface area contributed by atoms with E-state index in [0.717, 1.165) is 12.0 Å². The lowest BCUT2D eigenvalue weighted by Crippen LogP contribution is -2.33. The van der Waals surface area contributed by atoms with Gasteiger partial charge in [0, 0.05) is 0 Å². The van der Waals surface area contributed by atoms with Crippen LogP contribution in [-0.4, -0.2) is 15.8 Å². The molecule has 0 bridgehead atoms. The summed E-state index contributed by atoms with van der Waals surface area (Å²) in [6.07, 6.45) is 1.44. The van der Waals surface area contributed by atoms with Gasteiger partial charge in [-0.05, 0) is 18.4 Å². The van der Waals surface area contributed by atoms with Gasteiger partial charge in [0.2, 0.25) is 0 Å². The Morgan fingerprint density at radius 3 is 2.56 bits per heavy atom. The Morgan fingerprint density at radius 2 is 2.06 bits per heavy atom. The number of thioether (sulfide) groups is 1. The van der Waals surface area contributed by atoms with Crippen molar-refractivity contribution < 1.29 is 4.79 Å². The number of benzene rings is 1. The van der Waals surface area contributed by atoms with Crippen LogP contribution in [0.15, 0.2) is 35.3 Å². The van der Waals surface area contributed by atoms with Crippen molar-refractivity contribution in [2.24, 2.45) is 10.7 Å². The molecular formula is C12H14N2OS. The van der Waals surface area contributed by atoms with Crippen molar-refractivity contribution in [1.82, 2.24) is 0 Å². The van der Waals surface area contributed by atoms with Gasteiger partial charge in [-0.25, -0.2) is 0 Å². The summed E-state index contributed by atoms with van der Waals surface area (Å²) in [5, 5.41) is 0.391. The molecule has 1 heterocycles. The molecule has 3 nitrogen and oxygen atoms in total. The summed E-state index contributed by atoms with van der Waals surface area (Å²) in [5.74, 6) is -0.0960. The van der Waals surface area contributed by atoms with Gasteiger partial charge in [-0.15, -0.1) is 0 Å². The fourth-order valence-corrected chi connectivity index (χ4v) is 2.90. The SMILES string of the molecule is CC[C@]1(Cc2ccccc2)SC(N)=NC1=O. The molecule has 0 aliphatic carbocycles. The molecule has 0 radical (unpaired) electrons. The number of aliphatic imine (C=N–C) groups is 1. The zero-order chi connectivity index (χ0) is 11.6. The molecule has 2 N–H and O–H groups in total. The molecular weight excluding hydrogens is 220 g/mol. The Kier molecular flexibility index (Phi) is 3.01. The van der Waals surface area contributed by atoms with Crippen LogP contribution < -0.4 is 5.73 Å². The molecule has 0 saturated heterocycles. The average molecular weight is 234 g/mol. The highest BCUT2D eigenvalue weighted by Crippen LogP contribution is 2.38. The van der Waals surface area contributed by atoms with Gasteiger partial charge in [0.1, 0.15) is 4.75 Å². The summed E-state index contributed by atoms with van der Waals surface area (Å²) in [5.41, 5.74) is 6.77. The third-order valence-electron chi connectivity index (χ3n) is 2.81. The molecule has 0 fully saturated rings. The van der Waals surface area contributed by atoms with Crippen molar-refractivity contribution in [2.45, 2.75) is 24.5 Å². The molecule has 1 aromatic carbocycles. The Morgan fingerprint density at radius 1 is 1.38 bits per heavy atom. The maximum atomic E-state index is 11.9. The second kappa shape index (κ2) is 4.29. The van der Waals surface area contributed by atoms with Crippen LogP contribution in [0.1, 0.15) is 18.9 Å². The van der Waals surface area contributed by atoms with Gasteiger partial charge in [-0.2, -0.15) is 4.99 Å². The minimum Gasteiger partial charge on any atom is -0.378 e. The van der Waals surface area contributed by atoms with Crippen LogP contribution in [0.2, 0.25) is 0 Å². The van der Waals surface area contributed by atoms with E-state index in [1.807, 2.05) is 37.3 Å². The van der Waals surface area contributed by atoms with Gasteiger partial charge in [0.05, 0.1) is 0 Å². The topological polar surface area (TPSA) is 55.4 Å². The number of rotatable bonds is 3. The van der Waals surface area contributed by atoms with Gasteiger partial charge in [-0.1, -0.05) is 49.0 Å². The van der Waals surface area contributed by atoms with Crippen molar-refractivity contribution >= 4 is 22.8 Å². The molecule has 2 rings (SSSR count). The first kappa shape index (κ1) is 11.2. The maximum absolute atomic E-state index is 11.9. The Balaban J connectivity index is 2.22. The third-order valence-corrected chi connectivity index (χ3v) is 4.10. The first-order valence-corrected chi connectivity index (χ1v) is 6.09. The van der Waals surface area contributed by atoms with E-state index in [1.165, 1.54) is 11.8 Å². The lowest BCUT2D eigenvalue weighted by molar-refractivity contribution is -0.119. The lowest BCUT2D eigenvalue weighted by Gasteiger charge is -2.23. The summed E-state index contributed by atoms with van der Waals surface area (Å²) in [4.78, 5) is 15.7. The van der Waals surface area contributed by atoms with E-state index in [9.17, 15) is 4.79 Å². The molecule has 1 atom stereocenters. The molecule has 0 saturated carbocycles. The number of amidine groups is 1. The van der Waals surface area contributed by atoms with Crippen molar-refractivity contribution in [2.75, 3.05) is 0 Å². The van der Waals surface area contributed by atoms with Gasteiger partial charge < -0.3 is 5.73 Å². The van der Waals surface area contributed by atoms with E-state index >= 15 is 0 Å². The lowest BCUT2D eigenvalue weighted by atomic mass is 9.95. The molecule has 4 heteroatoms. The smallest absolute Gasteiger partial charge is 0.265 e. The summed E-state index contributed by atoms with van der Waals surface area (Å²) in [7, 11) is 0. The predicted octanol–water partition coefficient (Wildman–Crippen LogP) is 1.97. The number of hydrogen-bond donors (Lipinski definition) is 1. The van der Waals surface area contributed by atoms with Crippen LogP contribution in [0.25, 0.3) is 0 Å². The van der Waals surface area contributed by atoms with Crippen LogP contribution in [0.4, 0.5) is 0 Å². The number of amides is 1. The molecule has 1 aromatic rings. The number of hydrogen-bond acceptors (Lipinski definition) is 3. The molecule has 16 heavy (non-hydrogen) atoms. The summed E-state index contributed by atoms with van der Waals surface area (Å²) < 4.78 is -0.481. The van der Waals surface area contributed by atoms with Crippen molar-refractivity contribution in [1.29, 1.82) is 0 Å². The summed E-state index contributed by atoms with van der Waals surface area (Å²) >= 11 is 1.39. The zero-order valence-corrected chi connectivity index (χ0v) is 9.96. The summed E-state index contributed by atoms with van der Waals surface area (Å²) in [6.45, 7) is 2.00. The largest absolute Gasteiger partial charge is 0.378 e. The molecule has 1 aliphatic rings. The quantitative estimate of drug-likeness (QED) is 0.870. The van der Waals surface area contributed by atoms with Crippen LogP contribution in [0.3, 0.4) is 0 Å². The number of carbonyl (C=O) groups is 1. The van der Waals surface area contributed by atoms with Crippen molar-refractivity contribution in [3.05, 3.63) is 35.9 Å². The molecule has 1 amide bonds. The van der Waals surface area contributed by atoms with E-state index in [1.54, 1.807) is 0 Å². The standard InChI is InChI=1S/C12H14N2OS/c1-2-12(10(15)14-11(13)16-12)8-9-6-4-3-5-7-9/h3-7H,2,8H2,1H3,(H2,13,14,15)/t12-/m1/s1. The summed E-state index contributed by atoms with van der Waals surface area (Å²) in [6, 6.07) is 9.98. The van der Waals surface area contributed by atoms with Gasteiger partial charge >= 0.3 is 0 Å². The monoisotopic (exact) mass is 234 g/mol. The maximum Gasteiger partial charge on any atom is 0.265 e. The molecule has 0 aromatic heterocycles. The fourth-order valence-electron chi connectivity index (χ4n) is 1.85. The Labute approximate surface area is 99.1 Å². The first-order chi connectivity index (χ1) is 7.66. The molecule has 0 spiro atoms. The van der Waals surface area contributed by atoms with Gasteiger partial charge in [0.25, 0.3) is 5.91 Å². The first-order valence-electron chi connectivity index (χ1n) is 5.28. The van der Waals surface area contributed by atoms with Crippen LogP contribution in [-0.2, 0) is 11.2 Å². The van der Waals surface area contributed by atoms with E-state index in [-0.39, 0.29) is 5.91 Å². The van der Waals surface area contributed by atoms with Gasteiger partial charge in [-0.3, -0.25) is 4.79 Å². The number of carbonyl (C=O) groups excluding carboxylic acids is 1. The highest BCUT2D eigenvalue weighted by atomic mass is 32.2. The highest BCUT2D eigenvalue weighted by molar-refractivity contribution is 8.16. The average Bonchev–Trinajstić information content (AvgIpc) is 2.56. The second-order valence-electron chi connectivity index (χ2n) is 3.87. The van der Waals surface area contributed by atoms with Gasteiger partial charge in [0.15, 0.2) is 5.17 Å².